The summed E-state index contributed by atoms with van der Waals surface area (Å²) in [4.78, 5) is 0. The zero-order valence-electron chi connectivity index (χ0n) is 12.4. The molecule has 2 nitrogen and oxygen atoms in total. The van der Waals surface area contributed by atoms with Gasteiger partial charge < -0.3 is 9.15 Å². The van der Waals surface area contributed by atoms with Crippen LogP contribution in [0.5, 0.6) is 0 Å². The van der Waals surface area contributed by atoms with Crippen molar-refractivity contribution in [1.29, 1.82) is 0 Å². The van der Waals surface area contributed by atoms with Gasteiger partial charge in [-0.2, -0.15) is 0 Å². The van der Waals surface area contributed by atoms with E-state index >= 15 is 0 Å². The van der Waals surface area contributed by atoms with Crippen molar-refractivity contribution in [3.63, 3.8) is 0 Å². The van der Waals surface area contributed by atoms with Crippen molar-refractivity contribution < 1.29 is 9.15 Å². The van der Waals surface area contributed by atoms with Gasteiger partial charge in [-0.1, -0.05) is 35.0 Å². The molecule has 0 saturated carbocycles. The number of hydrogen-bond donors (Lipinski definition) is 0. The topological polar surface area (TPSA) is 22.4 Å². The molecule has 0 amide bonds. The largest absolute Gasteiger partial charge is 0.485 e. The molecule has 3 aliphatic carbocycles. The number of allylic oxidation sites excluding steroid dienone is 3. The average molecular weight is 357 g/mol. The summed E-state index contributed by atoms with van der Waals surface area (Å²) in [5.74, 6) is 3.16. The number of rotatable bonds is 0. The number of fused-ring (bicyclic) bond motifs is 5. The molecule has 3 unspecified atom stereocenters. The van der Waals surface area contributed by atoms with Gasteiger partial charge in [-0.25, -0.2) is 0 Å². The van der Waals surface area contributed by atoms with Gasteiger partial charge in [0, 0.05) is 29.2 Å². The zero-order chi connectivity index (χ0) is 14.8. The number of ether oxygens (including phenoxy) is 1. The number of halogens is 1. The fourth-order valence-electron chi connectivity index (χ4n) is 4.00. The standard InChI is InChI=1S/C19H17BrO2/c1-10-2-4-16-12(6-10)14-8-15-13-7-11(20)3-5-17(13)22-19(15)9-18(14)21-16/h2,4,7-10,14,18H,3,5-6H2,1H3. The molecule has 5 rings (SSSR count). The van der Waals surface area contributed by atoms with E-state index in [9.17, 15) is 0 Å². The van der Waals surface area contributed by atoms with E-state index in [0.29, 0.717) is 11.8 Å². The first-order valence-corrected chi connectivity index (χ1v) is 8.78. The smallest absolute Gasteiger partial charge is 0.134 e. The lowest BCUT2D eigenvalue weighted by molar-refractivity contribution is 0.188. The molecule has 0 aromatic carbocycles. The summed E-state index contributed by atoms with van der Waals surface area (Å²) in [6.45, 7) is 2.27. The van der Waals surface area contributed by atoms with Crippen LogP contribution in [0.1, 0.15) is 31.1 Å². The van der Waals surface area contributed by atoms with Gasteiger partial charge in [0.25, 0.3) is 0 Å². The predicted molar refractivity (Wildman–Crippen MR) is 90.4 cm³/mol. The number of hydrogen-bond acceptors (Lipinski definition) is 2. The molecule has 2 heterocycles. The van der Waals surface area contributed by atoms with Gasteiger partial charge in [-0.05, 0) is 41.0 Å². The summed E-state index contributed by atoms with van der Waals surface area (Å²) in [5.41, 5.74) is 3.70. The molecule has 1 aliphatic heterocycles. The van der Waals surface area contributed by atoms with Crippen molar-refractivity contribution in [3.05, 3.63) is 49.9 Å². The fourth-order valence-corrected chi connectivity index (χ4v) is 4.42. The van der Waals surface area contributed by atoms with Crippen LogP contribution in [0.25, 0.3) is 18.2 Å². The van der Waals surface area contributed by atoms with Crippen molar-refractivity contribution >= 4 is 34.2 Å². The van der Waals surface area contributed by atoms with Crippen LogP contribution in [-0.4, -0.2) is 6.10 Å². The van der Waals surface area contributed by atoms with Crippen molar-refractivity contribution in [2.45, 2.75) is 32.3 Å². The van der Waals surface area contributed by atoms with Crippen molar-refractivity contribution in [2.75, 3.05) is 0 Å². The highest BCUT2D eigenvalue weighted by molar-refractivity contribution is 9.11. The zero-order valence-corrected chi connectivity index (χ0v) is 14.0. The summed E-state index contributed by atoms with van der Waals surface area (Å²) < 4.78 is 13.5. The molecule has 1 aromatic heterocycles. The quantitative estimate of drug-likeness (QED) is 0.710. The van der Waals surface area contributed by atoms with E-state index in [1.54, 1.807) is 0 Å². The number of aryl methyl sites for hydroxylation is 1. The van der Waals surface area contributed by atoms with Gasteiger partial charge in [0.05, 0.1) is 0 Å². The third-order valence-corrected chi connectivity index (χ3v) is 5.72. The highest BCUT2D eigenvalue weighted by Crippen LogP contribution is 2.41. The van der Waals surface area contributed by atoms with E-state index in [2.05, 4.69) is 53.2 Å². The third-order valence-electron chi connectivity index (χ3n) is 5.10. The van der Waals surface area contributed by atoms with Crippen molar-refractivity contribution in [3.8, 4) is 0 Å². The van der Waals surface area contributed by atoms with Gasteiger partial charge in [0.15, 0.2) is 0 Å². The van der Waals surface area contributed by atoms with Crippen LogP contribution < -0.4 is 10.6 Å². The Morgan fingerprint density at radius 3 is 3.05 bits per heavy atom. The minimum Gasteiger partial charge on any atom is -0.485 e. The Bertz CT molecular complexity index is 881. The van der Waals surface area contributed by atoms with Crippen LogP contribution in [0.15, 0.2) is 32.4 Å². The lowest BCUT2D eigenvalue weighted by Crippen LogP contribution is -2.33. The summed E-state index contributed by atoms with van der Waals surface area (Å²) in [5, 5.41) is 1.26. The molecule has 0 N–H and O–H groups in total. The molecular formula is C19H17BrO2. The second-order valence-electron chi connectivity index (χ2n) is 6.68. The Hall–Kier alpha value is -1.48. The van der Waals surface area contributed by atoms with Crippen LogP contribution >= 0.6 is 15.9 Å². The normalized spacial score (nSPS) is 31.2. The highest BCUT2D eigenvalue weighted by Gasteiger charge is 2.37. The Labute approximate surface area is 137 Å². The van der Waals surface area contributed by atoms with Gasteiger partial charge >= 0.3 is 0 Å². The Balaban J connectivity index is 1.68. The molecule has 4 aliphatic rings. The minimum atomic E-state index is 0.104. The predicted octanol–water partition coefficient (Wildman–Crippen LogP) is 3.40. The Morgan fingerprint density at radius 1 is 1.23 bits per heavy atom. The van der Waals surface area contributed by atoms with Crippen molar-refractivity contribution in [2.24, 2.45) is 11.8 Å². The van der Waals surface area contributed by atoms with Gasteiger partial charge in [-0.15, -0.1) is 0 Å². The summed E-state index contributed by atoms with van der Waals surface area (Å²) in [7, 11) is 0. The summed E-state index contributed by atoms with van der Waals surface area (Å²) in [6.07, 6.45) is 14.4. The van der Waals surface area contributed by atoms with E-state index in [1.807, 2.05) is 0 Å². The molecule has 1 aromatic rings. The number of furan rings is 1. The van der Waals surface area contributed by atoms with E-state index < -0.39 is 0 Å². The highest BCUT2D eigenvalue weighted by atomic mass is 79.9. The molecule has 0 bridgehead atoms. The summed E-state index contributed by atoms with van der Waals surface area (Å²) >= 11 is 3.64. The molecule has 0 spiro atoms. The molecule has 112 valence electrons. The maximum absolute atomic E-state index is 6.15. The van der Waals surface area contributed by atoms with Crippen LogP contribution in [0.3, 0.4) is 0 Å². The first kappa shape index (κ1) is 13.0. The van der Waals surface area contributed by atoms with E-state index in [4.69, 9.17) is 9.15 Å². The molecular weight excluding hydrogens is 340 g/mol. The monoisotopic (exact) mass is 356 g/mol. The van der Waals surface area contributed by atoms with Gasteiger partial charge in [0.1, 0.15) is 23.0 Å². The Morgan fingerprint density at radius 2 is 2.14 bits per heavy atom. The first-order chi connectivity index (χ1) is 10.7. The first-order valence-electron chi connectivity index (χ1n) is 7.98. The van der Waals surface area contributed by atoms with Crippen LogP contribution in [-0.2, 0) is 11.2 Å². The Kier molecular flexibility index (Phi) is 2.67. The second-order valence-corrected chi connectivity index (χ2v) is 7.70. The van der Waals surface area contributed by atoms with Crippen molar-refractivity contribution in [1.82, 2.24) is 0 Å². The van der Waals surface area contributed by atoms with E-state index in [-0.39, 0.29) is 6.10 Å². The van der Waals surface area contributed by atoms with Crippen LogP contribution in [0.2, 0.25) is 0 Å². The summed E-state index contributed by atoms with van der Waals surface area (Å²) in [6, 6.07) is 0. The van der Waals surface area contributed by atoms with Crippen LogP contribution in [0.4, 0.5) is 0 Å². The van der Waals surface area contributed by atoms with E-state index in [0.717, 1.165) is 36.2 Å². The molecule has 22 heavy (non-hydrogen) atoms. The third kappa shape index (κ3) is 1.78. The molecule has 3 atom stereocenters. The molecule has 0 fully saturated rings. The lowest BCUT2D eigenvalue weighted by Gasteiger charge is -2.18. The van der Waals surface area contributed by atoms with Gasteiger partial charge in [0.2, 0.25) is 0 Å². The molecule has 3 heteroatoms. The van der Waals surface area contributed by atoms with Gasteiger partial charge in [-0.3, -0.25) is 0 Å². The maximum atomic E-state index is 6.15. The van der Waals surface area contributed by atoms with E-state index in [1.165, 1.54) is 20.8 Å². The lowest BCUT2D eigenvalue weighted by atomic mass is 9.83. The molecule has 0 saturated heterocycles. The average Bonchev–Trinajstić information content (AvgIpc) is 3.02. The maximum Gasteiger partial charge on any atom is 0.134 e. The second kappa shape index (κ2) is 4.51. The van der Waals surface area contributed by atoms with Crippen LogP contribution in [0, 0.1) is 11.8 Å². The minimum absolute atomic E-state index is 0.104. The fraction of sp³-hybridized carbons (Fsp3) is 0.368. The molecule has 0 radical (unpaired) electrons. The SMILES string of the molecule is CC1C=CC2=C(C1)C1C=c3c4c(oc3=CC1O2)CCC(Br)=C4.